The van der Waals surface area contributed by atoms with E-state index in [4.69, 9.17) is 15.0 Å². The van der Waals surface area contributed by atoms with Gasteiger partial charge in [0.05, 0.1) is 13.2 Å². The Kier molecular flexibility index (Phi) is 4.19. The summed E-state index contributed by atoms with van der Waals surface area (Å²) in [7, 11) is -3.03. The van der Waals surface area contributed by atoms with E-state index >= 15 is 0 Å². The van der Waals surface area contributed by atoms with Gasteiger partial charge in [-0.25, -0.2) is 0 Å². The second kappa shape index (κ2) is 4.42. The smallest absolute Gasteiger partial charge is 0.511 e. The maximum absolute atomic E-state index is 9.87. The van der Waals surface area contributed by atoms with Gasteiger partial charge in [0, 0.05) is 0 Å². The Morgan fingerprint density at radius 3 is 2.00 bits per heavy atom. The maximum Gasteiger partial charge on any atom is 0.765 e. The van der Waals surface area contributed by atoms with Gasteiger partial charge >= 0.3 is 9.17 Å². The van der Waals surface area contributed by atoms with Crippen molar-refractivity contribution < 1.29 is 23.9 Å². The SMILES string of the molecule is O=[Si](O)OC(CO)CO. The van der Waals surface area contributed by atoms with Crippen LogP contribution in [0.1, 0.15) is 0 Å². The lowest BCUT2D eigenvalue weighted by atomic mass is 10.4. The lowest BCUT2D eigenvalue weighted by Gasteiger charge is -2.08. The van der Waals surface area contributed by atoms with E-state index in [1.807, 2.05) is 0 Å². The normalized spacial score (nSPS) is 9.67. The van der Waals surface area contributed by atoms with Gasteiger partial charge in [-0.2, -0.15) is 0 Å². The molecule has 0 atom stereocenters. The molecular weight excluding hydrogens is 144 g/mol. The van der Waals surface area contributed by atoms with Crippen LogP contribution in [0.25, 0.3) is 0 Å². The Bertz CT molecular complexity index is 90.2. The van der Waals surface area contributed by atoms with E-state index in [1.165, 1.54) is 0 Å². The molecule has 9 heavy (non-hydrogen) atoms. The van der Waals surface area contributed by atoms with E-state index in [1.54, 1.807) is 0 Å². The lowest BCUT2D eigenvalue weighted by Crippen LogP contribution is -2.26. The van der Waals surface area contributed by atoms with Gasteiger partial charge in [-0.15, -0.1) is 0 Å². The van der Waals surface area contributed by atoms with E-state index in [-0.39, 0.29) is 0 Å². The quantitative estimate of drug-likeness (QED) is 0.397. The molecule has 0 aliphatic heterocycles. The fraction of sp³-hybridized carbons (Fsp3) is 1.00. The van der Waals surface area contributed by atoms with Gasteiger partial charge < -0.3 is 19.4 Å². The van der Waals surface area contributed by atoms with E-state index in [0.29, 0.717) is 0 Å². The second-order valence-corrected chi connectivity index (χ2v) is 2.14. The van der Waals surface area contributed by atoms with E-state index in [0.717, 1.165) is 0 Å². The van der Waals surface area contributed by atoms with Crippen molar-refractivity contribution in [2.75, 3.05) is 13.2 Å². The largest absolute Gasteiger partial charge is 0.765 e. The van der Waals surface area contributed by atoms with Crippen LogP contribution in [0.3, 0.4) is 0 Å². The van der Waals surface area contributed by atoms with Gasteiger partial charge in [-0.05, 0) is 0 Å². The number of rotatable bonds is 4. The molecule has 0 unspecified atom stereocenters. The summed E-state index contributed by atoms with van der Waals surface area (Å²) in [6, 6.07) is 0. The summed E-state index contributed by atoms with van der Waals surface area (Å²) in [6.07, 6.45) is -0.929. The fourth-order valence-electron chi connectivity index (χ4n) is 0.275. The summed E-state index contributed by atoms with van der Waals surface area (Å²) in [5.41, 5.74) is 0. The molecule has 0 aliphatic rings. The zero-order valence-corrected chi connectivity index (χ0v) is 5.65. The Hall–Kier alpha value is -0.463. The first-order valence-electron chi connectivity index (χ1n) is 2.32. The molecule has 0 saturated carbocycles. The van der Waals surface area contributed by atoms with Gasteiger partial charge in [-0.1, -0.05) is 0 Å². The highest BCUT2D eigenvalue weighted by Gasteiger charge is 2.12. The minimum Gasteiger partial charge on any atom is -0.511 e. The standard InChI is InChI=1S/C3H8O5Si/c4-1-3(2-5)8-9(6)7/h3-6H,1-2H2. The number of aliphatic hydroxyl groups is 2. The summed E-state index contributed by atoms with van der Waals surface area (Å²) in [6.45, 7) is -0.902. The molecule has 0 aromatic carbocycles. The van der Waals surface area contributed by atoms with Gasteiger partial charge in [-0.3, -0.25) is 4.46 Å². The van der Waals surface area contributed by atoms with E-state index in [2.05, 4.69) is 4.43 Å². The average molecular weight is 152 g/mol. The van der Waals surface area contributed by atoms with Crippen molar-refractivity contribution >= 4 is 9.17 Å². The predicted molar refractivity (Wildman–Crippen MR) is 27.7 cm³/mol. The predicted octanol–water partition coefficient (Wildman–Crippen LogP) is -2.24. The molecule has 0 radical (unpaired) electrons. The Morgan fingerprint density at radius 2 is 1.89 bits per heavy atom. The molecule has 0 fully saturated rings. The molecular formula is C3H8O5Si. The number of hydrogen-bond acceptors (Lipinski definition) is 4. The summed E-state index contributed by atoms with van der Waals surface area (Å²) in [5.74, 6) is 0. The zero-order chi connectivity index (χ0) is 7.28. The Morgan fingerprint density at radius 1 is 1.44 bits per heavy atom. The first-order chi connectivity index (χ1) is 4.20. The highest BCUT2D eigenvalue weighted by Crippen LogP contribution is 1.85. The zero-order valence-electron chi connectivity index (χ0n) is 4.65. The third-order valence-electron chi connectivity index (χ3n) is 0.675. The van der Waals surface area contributed by atoms with Crippen LogP contribution in [-0.2, 0) is 8.89 Å². The highest BCUT2D eigenvalue weighted by atomic mass is 28.3. The maximum atomic E-state index is 9.87. The van der Waals surface area contributed by atoms with Crippen LogP contribution in [0.4, 0.5) is 0 Å². The summed E-state index contributed by atoms with van der Waals surface area (Å²) in [4.78, 5) is 8.09. The molecule has 6 heteroatoms. The number of hydrogen-bond donors (Lipinski definition) is 3. The minimum atomic E-state index is -3.03. The lowest BCUT2D eigenvalue weighted by molar-refractivity contribution is 0.0414. The molecule has 0 aliphatic carbocycles. The van der Waals surface area contributed by atoms with Crippen LogP contribution in [0.5, 0.6) is 0 Å². The molecule has 0 amide bonds. The van der Waals surface area contributed by atoms with Crippen molar-refractivity contribution in [3.63, 3.8) is 0 Å². The highest BCUT2D eigenvalue weighted by molar-refractivity contribution is 6.24. The van der Waals surface area contributed by atoms with Crippen LogP contribution >= 0.6 is 0 Å². The first kappa shape index (κ1) is 8.54. The Balaban J connectivity index is 3.43. The second-order valence-electron chi connectivity index (χ2n) is 1.37. The Labute approximate surface area is 53.4 Å². The average Bonchev–Trinajstić information content (AvgIpc) is 1.82. The van der Waals surface area contributed by atoms with E-state index in [9.17, 15) is 4.46 Å². The molecule has 0 rings (SSSR count). The fourth-order valence-corrected chi connectivity index (χ4v) is 0.709. The first-order valence-corrected chi connectivity index (χ1v) is 3.58. The van der Waals surface area contributed by atoms with Gasteiger partial charge in [0.15, 0.2) is 0 Å². The van der Waals surface area contributed by atoms with Crippen LogP contribution in [0.2, 0.25) is 0 Å². The van der Waals surface area contributed by atoms with Crippen molar-refractivity contribution in [2.45, 2.75) is 6.10 Å². The molecule has 0 aromatic heterocycles. The van der Waals surface area contributed by atoms with Crippen molar-refractivity contribution in [2.24, 2.45) is 0 Å². The third kappa shape index (κ3) is 4.07. The molecule has 5 nitrogen and oxygen atoms in total. The van der Waals surface area contributed by atoms with Crippen LogP contribution in [-0.4, -0.2) is 43.5 Å². The van der Waals surface area contributed by atoms with Gasteiger partial charge in [0.25, 0.3) is 0 Å². The monoisotopic (exact) mass is 152 g/mol. The summed E-state index contributed by atoms with van der Waals surface area (Å²) >= 11 is 0. The van der Waals surface area contributed by atoms with E-state index < -0.39 is 28.5 Å². The molecule has 3 N–H and O–H groups in total. The van der Waals surface area contributed by atoms with Crippen molar-refractivity contribution in [3.05, 3.63) is 0 Å². The molecule has 0 bridgehead atoms. The molecule has 0 spiro atoms. The molecule has 0 aromatic rings. The third-order valence-corrected chi connectivity index (χ3v) is 1.21. The van der Waals surface area contributed by atoms with Crippen LogP contribution in [0.15, 0.2) is 0 Å². The minimum absolute atomic E-state index is 0.451. The van der Waals surface area contributed by atoms with Gasteiger partial charge in [0.1, 0.15) is 6.10 Å². The summed E-state index contributed by atoms with van der Waals surface area (Å²) < 4.78 is 14.0. The molecule has 0 saturated heterocycles. The van der Waals surface area contributed by atoms with Crippen molar-refractivity contribution in [3.8, 4) is 0 Å². The topological polar surface area (TPSA) is 87.0 Å². The van der Waals surface area contributed by atoms with Crippen molar-refractivity contribution in [1.82, 2.24) is 0 Å². The van der Waals surface area contributed by atoms with Crippen LogP contribution < -0.4 is 0 Å². The molecule has 0 heterocycles. The van der Waals surface area contributed by atoms with Gasteiger partial charge in [0.2, 0.25) is 0 Å². The van der Waals surface area contributed by atoms with Crippen LogP contribution in [0, 0.1) is 0 Å². The summed E-state index contributed by atoms with van der Waals surface area (Å²) in [5, 5.41) is 16.5. The molecule has 54 valence electrons. The number of aliphatic hydroxyl groups excluding tert-OH is 2. The van der Waals surface area contributed by atoms with Crippen molar-refractivity contribution in [1.29, 1.82) is 0 Å².